The van der Waals surface area contributed by atoms with Crippen LogP contribution in [0, 0.1) is 5.82 Å². The second kappa shape index (κ2) is 4.73. The van der Waals surface area contributed by atoms with E-state index in [1.54, 1.807) is 6.07 Å². The molecule has 2 rings (SSSR count). The molecular formula is C12H17FN2. The largest absolute Gasteiger partial charge is 0.323 e. The summed E-state index contributed by atoms with van der Waals surface area (Å²) in [6, 6.07) is 6.78. The molecule has 0 spiro atoms. The Morgan fingerprint density at radius 1 is 1.40 bits per heavy atom. The molecule has 1 aliphatic heterocycles. The molecular weight excluding hydrogens is 191 g/mol. The van der Waals surface area contributed by atoms with Crippen molar-refractivity contribution in [2.45, 2.75) is 31.3 Å². The van der Waals surface area contributed by atoms with Crippen LogP contribution in [0.4, 0.5) is 4.39 Å². The predicted molar refractivity (Wildman–Crippen MR) is 59.0 cm³/mol. The van der Waals surface area contributed by atoms with Gasteiger partial charge in [0.25, 0.3) is 0 Å². The van der Waals surface area contributed by atoms with Gasteiger partial charge < -0.3 is 11.1 Å². The van der Waals surface area contributed by atoms with Crippen LogP contribution in [0.2, 0.25) is 0 Å². The quantitative estimate of drug-likeness (QED) is 0.779. The zero-order valence-electron chi connectivity index (χ0n) is 8.75. The molecule has 0 aliphatic carbocycles. The highest BCUT2D eigenvalue weighted by molar-refractivity contribution is 5.21. The summed E-state index contributed by atoms with van der Waals surface area (Å²) in [5.41, 5.74) is 6.99. The highest BCUT2D eigenvalue weighted by Gasteiger charge is 2.21. The summed E-state index contributed by atoms with van der Waals surface area (Å²) in [6.45, 7) is 1.02. The Morgan fingerprint density at radius 3 is 2.93 bits per heavy atom. The zero-order chi connectivity index (χ0) is 10.7. The summed E-state index contributed by atoms with van der Waals surface area (Å²) in [4.78, 5) is 0. The first-order valence-corrected chi connectivity index (χ1v) is 5.52. The average molecular weight is 208 g/mol. The molecule has 1 aromatic rings. The molecule has 0 aromatic heterocycles. The lowest BCUT2D eigenvalue weighted by molar-refractivity contribution is 0.353. The van der Waals surface area contributed by atoms with Crippen molar-refractivity contribution in [2.24, 2.45) is 5.73 Å². The molecule has 3 N–H and O–H groups in total. The van der Waals surface area contributed by atoms with Crippen molar-refractivity contribution in [3.63, 3.8) is 0 Å². The van der Waals surface area contributed by atoms with Gasteiger partial charge in [-0.3, -0.25) is 0 Å². The van der Waals surface area contributed by atoms with Crippen LogP contribution in [0.5, 0.6) is 0 Å². The Hall–Kier alpha value is -0.930. The van der Waals surface area contributed by atoms with Crippen molar-refractivity contribution >= 4 is 0 Å². The second-order valence-electron chi connectivity index (χ2n) is 4.14. The Bertz CT molecular complexity index is 321. The van der Waals surface area contributed by atoms with Crippen LogP contribution in [0.25, 0.3) is 0 Å². The standard InChI is InChI=1S/C12H17FN2/c13-10-5-3-4-9(8-10)12(14)11-6-1-2-7-15-11/h3-5,8,11-12,15H,1-2,6-7,14H2. The molecule has 0 bridgehead atoms. The van der Waals surface area contributed by atoms with Crippen molar-refractivity contribution in [3.8, 4) is 0 Å². The number of rotatable bonds is 2. The number of hydrogen-bond acceptors (Lipinski definition) is 2. The lowest BCUT2D eigenvalue weighted by Gasteiger charge is -2.29. The highest BCUT2D eigenvalue weighted by Crippen LogP contribution is 2.21. The van der Waals surface area contributed by atoms with Crippen LogP contribution >= 0.6 is 0 Å². The molecule has 0 amide bonds. The van der Waals surface area contributed by atoms with Crippen molar-refractivity contribution in [1.82, 2.24) is 5.32 Å². The van der Waals surface area contributed by atoms with E-state index in [-0.39, 0.29) is 11.9 Å². The van der Waals surface area contributed by atoms with Gasteiger partial charge in [-0.25, -0.2) is 4.39 Å². The van der Waals surface area contributed by atoms with E-state index in [4.69, 9.17) is 5.73 Å². The minimum atomic E-state index is -0.209. The minimum Gasteiger partial charge on any atom is -0.323 e. The van der Waals surface area contributed by atoms with Gasteiger partial charge in [-0.1, -0.05) is 18.6 Å². The van der Waals surface area contributed by atoms with Crippen LogP contribution in [0.15, 0.2) is 24.3 Å². The van der Waals surface area contributed by atoms with Crippen LogP contribution in [-0.4, -0.2) is 12.6 Å². The topological polar surface area (TPSA) is 38.0 Å². The molecule has 1 aromatic carbocycles. The second-order valence-corrected chi connectivity index (χ2v) is 4.14. The Labute approximate surface area is 89.7 Å². The maximum absolute atomic E-state index is 13.0. The molecule has 0 radical (unpaired) electrons. The molecule has 2 atom stereocenters. The summed E-state index contributed by atoms with van der Waals surface area (Å²) in [5.74, 6) is -0.209. The normalized spacial score (nSPS) is 23.7. The molecule has 0 saturated carbocycles. The van der Waals surface area contributed by atoms with Gasteiger partial charge in [0.2, 0.25) is 0 Å². The van der Waals surface area contributed by atoms with Gasteiger partial charge in [-0.05, 0) is 37.1 Å². The van der Waals surface area contributed by atoms with Crippen molar-refractivity contribution in [3.05, 3.63) is 35.6 Å². The SMILES string of the molecule is NC(c1cccc(F)c1)C1CCCCN1. The van der Waals surface area contributed by atoms with Gasteiger partial charge in [-0.2, -0.15) is 0 Å². The first-order chi connectivity index (χ1) is 7.27. The van der Waals surface area contributed by atoms with E-state index in [2.05, 4.69) is 5.32 Å². The fourth-order valence-corrected chi connectivity index (χ4v) is 2.13. The third kappa shape index (κ3) is 2.55. The number of hydrogen-bond donors (Lipinski definition) is 2. The number of nitrogens with two attached hydrogens (primary N) is 1. The van der Waals surface area contributed by atoms with Crippen LogP contribution in [0.1, 0.15) is 30.9 Å². The monoisotopic (exact) mass is 208 g/mol. The Balaban J connectivity index is 2.08. The lowest BCUT2D eigenvalue weighted by Crippen LogP contribution is -2.42. The third-order valence-electron chi connectivity index (χ3n) is 3.02. The van der Waals surface area contributed by atoms with E-state index in [1.165, 1.54) is 25.0 Å². The van der Waals surface area contributed by atoms with E-state index >= 15 is 0 Å². The summed E-state index contributed by atoms with van der Waals surface area (Å²) >= 11 is 0. The van der Waals surface area contributed by atoms with Crippen LogP contribution in [0.3, 0.4) is 0 Å². The van der Waals surface area contributed by atoms with Crippen molar-refractivity contribution in [1.29, 1.82) is 0 Å². The van der Waals surface area contributed by atoms with Gasteiger partial charge in [0.1, 0.15) is 5.82 Å². The number of nitrogens with one attached hydrogen (secondary N) is 1. The fourth-order valence-electron chi connectivity index (χ4n) is 2.13. The smallest absolute Gasteiger partial charge is 0.123 e. The summed E-state index contributed by atoms with van der Waals surface area (Å²) < 4.78 is 13.0. The molecule has 3 heteroatoms. The predicted octanol–water partition coefficient (Wildman–Crippen LogP) is 1.97. The molecule has 2 nitrogen and oxygen atoms in total. The zero-order valence-corrected chi connectivity index (χ0v) is 8.75. The first kappa shape index (κ1) is 10.6. The molecule has 2 unspecified atom stereocenters. The maximum atomic E-state index is 13.0. The van der Waals surface area contributed by atoms with E-state index in [0.717, 1.165) is 18.5 Å². The van der Waals surface area contributed by atoms with Crippen LogP contribution < -0.4 is 11.1 Å². The summed E-state index contributed by atoms with van der Waals surface area (Å²) in [6.07, 6.45) is 3.50. The minimum absolute atomic E-state index is 0.0963. The molecule has 1 aliphatic rings. The Kier molecular flexibility index (Phi) is 3.34. The number of halogens is 1. The average Bonchev–Trinajstić information content (AvgIpc) is 2.29. The lowest BCUT2D eigenvalue weighted by atomic mass is 9.93. The van der Waals surface area contributed by atoms with Gasteiger partial charge in [0.15, 0.2) is 0 Å². The van der Waals surface area contributed by atoms with E-state index in [1.807, 2.05) is 6.07 Å². The van der Waals surface area contributed by atoms with Gasteiger partial charge in [0, 0.05) is 12.1 Å². The van der Waals surface area contributed by atoms with Crippen LogP contribution in [-0.2, 0) is 0 Å². The van der Waals surface area contributed by atoms with Crippen molar-refractivity contribution < 1.29 is 4.39 Å². The van der Waals surface area contributed by atoms with E-state index in [9.17, 15) is 4.39 Å². The fraction of sp³-hybridized carbons (Fsp3) is 0.500. The summed E-state index contributed by atoms with van der Waals surface area (Å²) in [7, 11) is 0. The van der Waals surface area contributed by atoms with Gasteiger partial charge in [-0.15, -0.1) is 0 Å². The maximum Gasteiger partial charge on any atom is 0.123 e. The van der Waals surface area contributed by atoms with Gasteiger partial charge in [0.05, 0.1) is 0 Å². The molecule has 1 heterocycles. The van der Waals surface area contributed by atoms with Gasteiger partial charge >= 0.3 is 0 Å². The summed E-state index contributed by atoms with van der Waals surface area (Å²) in [5, 5.41) is 3.39. The third-order valence-corrected chi connectivity index (χ3v) is 3.02. The van der Waals surface area contributed by atoms with E-state index < -0.39 is 0 Å². The van der Waals surface area contributed by atoms with E-state index in [0.29, 0.717) is 6.04 Å². The molecule has 1 saturated heterocycles. The van der Waals surface area contributed by atoms with Crippen molar-refractivity contribution in [2.75, 3.05) is 6.54 Å². The first-order valence-electron chi connectivity index (χ1n) is 5.52. The molecule has 1 fully saturated rings. The molecule has 82 valence electrons. The number of benzene rings is 1. The number of piperidine rings is 1. The Morgan fingerprint density at radius 2 is 2.27 bits per heavy atom. The molecule has 15 heavy (non-hydrogen) atoms. The highest BCUT2D eigenvalue weighted by atomic mass is 19.1.